The fourth-order valence-corrected chi connectivity index (χ4v) is 0. The third-order valence-electron chi connectivity index (χ3n) is 0. The van der Waals surface area contributed by atoms with Crippen molar-refractivity contribution in [2.75, 3.05) is 0 Å². The van der Waals surface area contributed by atoms with Gasteiger partial charge in [0, 0.05) is 0 Å². The van der Waals surface area contributed by atoms with E-state index in [0.717, 1.165) is 0 Å². The summed E-state index contributed by atoms with van der Waals surface area (Å²) in [7, 11) is 0. The van der Waals surface area contributed by atoms with Crippen LogP contribution < -0.4 is 0 Å². The third kappa shape index (κ3) is 30.1. The van der Waals surface area contributed by atoms with Crippen molar-refractivity contribution >= 4 is 59.8 Å². The Morgan fingerprint density at radius 1 is 0.600 bits per heavy atom. The summed E-state index contributed by atoms with van der Waals surface area (Å²) in [6.07, 6.45) is 0. The Morgan fingerprint density at radius 3 is 0.600 bits per heavy atom. The zero-order chi connectivity index (χ0) is 0. The Kier molecular flexibility index (Phi) is 877. The first-order valence-corrected chi connectivity index (χ1v) is 0. The second-order valence-corrected chi connectivity index (χ2v) is 0. The average Bonchev–Trinajstić information content (AvgIpc) is 0. The van der Waals surface area contributed by atoms with Gasteiger partial charge in [0.25, 0.3) is 0 Å². The van der Waals surface area contributed by atoms with E-state index in [9.17, 15) is 0 Å². The maximum absolute atomic E-state index is 0. The summed E-state index contributed by atoms with van der Waals surface area (Å²) in [5.74, 6) is 0. The summed E-state index contributed by atoms with van der Waals surface area (Å²) in [4.78, 5) is 0. The van der Waals surface area contributed by atoms with Gasteiger partial charge in [0.1, 0.15) is 0 Å². The Balaban J connectivity index is 0. The molecule has 5 heteroatoms. The molecule has 0 aliphatic heterocycles. The van der Waals surface area contributed by atoms with Gasteiger partial charge in [-0.25, -0.2) is 0 Å². The van der Waals surface area contributed by atoms with Crippen LogP contribution in [0.5, 0.6) is 0 Å². The van der Waals surface area contributed by atoms with Gasteiger partial charge in [-0.3, -0.25) is 14.1 Å². The average molecular weight is 114 g/mol. The van der Waals surface area contributed by atoms with Crippen LogP contribution in [0, 0.1) is 0 Å². The first-order valence-electron chi connectivity index (χ1n) is 0. The molecule has 0 aromatic carbocycles. The molecule has 0 aromatic rings. The molecule has 0 aliphatic carbocycles. The fourth-order valence-electron chi connectivity index (χ4n) is 0. The van der Waals surface area contributed by atoms with E-state index in [4.69, 9.17) is 0 Å². The minimum atomic E-state index is 0. The van der Waals surface area contributed by atoms with Crippen molar-refractivity contribution in [3.05, 3.63) is 0 Å². The summed E-state index contributed by atoms with van der Waals surface area (Å²) in [5, 5.41) is 0. The van der Waals surface area contributed by atoms with Crippen LogP contribution in [0.1, 0.15) is 0 Å². The molecule has 0 N–H and O–H groups in total. The first kappa shape index (κ1) is 88.0. The van der Waals surface area contributed by atoms with E-state index >= 15 is 0 Å². The van der Waals surface area contributed by atoms with E-state index in [1.807, 2.05) is 0 Å². The molecular formula is H7BF3K. The van der Waals surface area contributed by atoms with Crippen molar-refractivity contribution < 1.29 is 14.1 Å². The summed E-state index contributed by atoms with van der Waals surface area (Å²) in [6.45, 7) is 0. The second-order valence-electron chi connectivity index (χ2n) is 0. The van der Waals surface area contributed by atoms with Crippen LogP contribution in [0.2, 0.25) is 0 Å². The topological polar surface area (TPSA) is 0 Å². The molecule has 0 nitrogen and oxygen atoms in total. The van der Waals surface area contributed by atoms with Crippen LogP contribution in [0.25, 0.3) is 0 Å². The predicted molar refractivity (Wildman–Crippen MR) is 24.6 cm³/mol. The van der Waals surface area contributed by atoms with Gasteiger partial charge in [0.2, 0.25) is 0 Å². The number of halogens is 3. The van der Waals surface area contributed by atoms with Crippen LogP contribution in [0.4, 0.5) is 14.1 Å². The maximum atomic E-state index is 0. The van der Waals surface area contributed by atoms with Crippen molar-refractivity contribution in [2.24, 2.45) is 0 Å². The zero-order valence-electron chi connectivity index (χ0n) is 1.22. The Morgan fingerprint density at radius 2 is 0.600 bits per heavy atom. The molecule has 0 atom stereocenters. The molecule has 0 aromatic heterocycles. The molecule has 0 spiro atoms. The minimum absolute atomic E-state index is 0. The molecule has 0 heterocycles. The molecule has 0 amide bonds. The summed E-state index contributed by atoms with van der Waals surface area (Å²) in [6, 6.07) is 0. The number of hydrogen-bond acceptors (Lipinski definition) is 0. The standard InChI is InChI=1S/BH3.3FH.K.H/h1H3;3*1H;;. The molecule has 0 saturated heterocycles. The van der Waals surface area contributed by atoms with Crippen molar-refractivity contribution in [1.82, 2.24) is 0 Å². The van der Waals surface area contributed by atoms with Crippen LogP contribution in [-0.2, 0) is 0 Å². The van der Waals surface area contributed by atoms with Gasteiger partial charge in [-0.1, -0.05) is 0 Å². The molecule has 0 radical (unpaired) electrons. The van der Waals surface area contributed by atoms with Crippen LogP contribution in [0.15, 0.2) is 0 Å². The molecule has 5 heavy (non-hydrogen) atoms. The van der Waals surface area contributed by atoms with Crippen LogP contribution in [0.3, 0.4) is 0 Å². The van der Waals surface area contributed by atoms with Gasteiger partial charge in [0.05, 0.1) is 8.41 Å². The SMILES string of the molecule is B.F.F.F.[KH]. The summed E-state index contributed by atoms with van der Waals surface area (Å²) < 4.78 is 0. The van der Waals surface area contributed by atoms with Crippen molar-refractivity contribution in [3.8, 4) is 0 Å². The van der Waals surface area contributed by atoms with E-state index in [2.05, 4.69) is 0 Å². The molecule has 0 bridgehead atoms. The van der Waals surface area contributed by atoms with Crippen LogP contribution in [-0.4, -0.2) is 59.8 Å². The van der Waals surface area contributed by atoms with Crippen molar-refractivity contribution in [1.29, 1.82) is 0 Å². The molecule has 0 aliphatic rings. The molecule has 0 unspecified atom stereocenters. The van der Waals surface area contributed by atoms with Gasteiger partial charge < -0.3 is 0 Å². The molecule has 32 valence electrons. The monoisotopic (exact) mass is 114 g/mol. The fraction of sp³-hybridized carbons (Fsp3) is 0. The molecule has 0 saturated carbocycles. The van der Waals surface area contributed by atoms with Crippen molar-refractivity contribution in [2.45, 2.75) is 0 Å². The number of rotatable bonds is 0. The third-order valence-corrected chi connectivity index (χ3v) is 0. The predicted octanol–water partition coefficient (Wildman–Crippen LogP) is -1.37. The molecular weight excluding hydrogens is 107 g/mol. The Bertz CT molecular complexity index is 6.85. The number of hydrogen-bond donors (Lipinski definition) is 0. The summed E-state index contributed by atoms with van der Waals surface area (Å²) >= 11 is 0. The van der Waals surface area contributed by atoms with E-state index < -0.39 is 0 Å². The normalized spacial score (nSPS) is 0. The van der Waals surface area contributed by atoms with Gasteiger partial charge in [-0.15, -0.1) is 0 Å². The zero-order valence-corrected chi connectivity index (χ0v) is 1.22. The second kappa shape index (κ2) is 49.8. The summed E-state index contributed by atoms with van der Waals surface area (Å²) in [5.41, 5.74) is 0. The molecule has 0 fully saturated rings. The van der Waals surface area contributed by atoms with E-state index in [1.165, 1.54) is 0 Å². The molecule has 0 rings (SSSR count). The van der Waals surface area contributed by atoms with E-state index in [1.54, 1.807) is 0 Å². The first-order chi connectivity index (χ1) is 0. The van der Waals surface area contributed by atoms with E-state index in [-0.39, 0.29) is 73.9 Å². The van der Waals surface area contributed by atoms with Gasteiger partial charge >= 0.3 is 51.4 Å². The van der Waals surface area contributed by atoms with Gasteiger partial charge in [0.15, 0.2) is 0 Å². The van der Waals surface area contributed by atoms with E-state index in [0.29, 0.717) is 0 Å². The van der Waals surface area contributed by atoms with Gasteiger partial charge in [-0.05, 0) is 0 Å². The Labute approximate surface area is 72.8 Å². The van der Waals surface area contributed by atoms with Crippen molar-refractivity contribution in [3.63, 3.8) is 0 Å². The van der Waals surface area contributed by atoms with Gasteiger partial charge in [-0.2, -0.15) is 0 Å². The quantitative estimate of drug-likeness (QED) is 0.340. The Hall–Kier alpha value is 1.49. The van der Waals surface area contributed by atoms with Crippen LogP contribution >= 0.6 is 0 Å².